The topological polar surface area (TPSA) is 78.4 Å². The largest absolute Gasteiger partial charge is 0.480 e. The van der Waals surface area contributed by atoms with Crippen molar-refractivity contribution < 1.29 is 14.7 Å². The standard InChI is InChI=1S/C13H14Cl2N2O3/c1-7-5-9(15)10(6-8(7)14)16-12(20)17-13(11(18)19)3-2-4-13/h5-6H,2-4H2,1H3,(H,18,19)(H2,16,17,20). The van der Waals surface area contributed by atoms with E-state index in [1.165, 1.54) is 6.07 Å². The fourth-order valence-corrected chi connectivity index (χ4v) is 2.46. The number of rotatable bonds is 3. The van der Waals surface area contributed by atoms with Crippen LogP contribution in [0.2, 0.25) is 10.0 Å². The Bertz CT molecular complexity index is 571. The molecule has 20 heavy (non-hydrogen) atoms. The molecule has 1 aromatic rings. The summed E-state index contributed by atoms with van der Waals surface area (Å²) in [5.74, 6) is -1.02. The number of carbonyl (C=O) groups excluding carboxylic acids is 1. The van der Waals surface area contributed by atoms with E-state index in [2.05, 4.69) is 10.6 Å². The SMILES string of the molecule is Cc1cc(Cl)c(NC(=O)NC2(C(=O)O)CCC2)cc1Cl. The number of benzene rings is 1. The molecule has 7 heteroatoms. The molecule has 108 valence electrons. The van der Waals surface area contributed by atoms with Crippen molar-refractivity contribution in [2.75, 3.05) is 5.32 Å². The molecule has 1 saturated carbocycles. The van der Waals surface area contributed by atoms with E-state index in [9.17, 15) is 9.59 Å². The maximum atomic E-state index is 11.9. The minimum atomic E-state index is -1.16. The molecule has 0 aromatic heterocycles. The van der Waals surface area contributed by atoms with E-state index in [0.717, 1.165) is 12.0 Å². The normalized spacial score (nSPS) is 16.1. The zero-order chi connectivity index (χ0) is 14.9. The molecule has 0 aliphatic heterocycles. The average Bonchev–Trinajstić information content (AvgIpc) is 2.30. The van der Waals surface area contributed by atoms with Gasteiger partial charge in [0, 0.05) is 5.02 Å². The van der Waals surface area contributed by atoms with Crippen LogP contribution in [0, 0.1) is 6.92 Å². The summed E-state index contributed by atoms with van der Waals surface area (Å²) in [5, 5.41) is 15.0. The number of urea groups is 1. The number of carbonyl (C=O) groups is 2. The van der Waals surface area contributed by atoms with Crippen molar-refractivity contribution >= 4 is 40.9 Å². The second kappa shape index (κ2) is 5.50. The molecule has 1 aliphatic carbocycles. The molecule has 2 amide bonds. The first-order valence-corrected chi connectivity index (χ1v) is 6.88. The fraction of sp³-hybridized carbons (Fsp3) is 0.385. The third-order valence-electron chi connectivity index (χ3n) is 3.47. The van der Waals surface area contributed by atoms with Gasteiger partial charge in [-0.15, -0.1) is 0 Å². The number of aliphatic carboxylic acids is 1. The Morgan fingerprint density at radius 2 is 1.90 bits per heavy atom. The van der Waals surface area contributed by atoms with Crippen LogP contribution < -0.4 is 10.6 Å². The van der Waals surface area contributed by atoms with Crippen LogP contribution in [0.3, 0.4) is 0 Å². The van der Waals surface area contributed by atoms with Crippen molar-refractivity contribution in [3.63, 3.8) is 0 Å². The molecule has 1 aliphatic rings. The number of nitrogens with one attached hydrogen (secondary N) is 2. The predicted molar refractivity (Wildman–Crippen MR) is 77.6 cm³/mol. The number of aryl methyl sites for hydroxylation is 1. The Morgan fingerprint density at radius 1 is 1.25 bits per heavy atom. The monoisotopic (exact) mass is 316 g/mol. The van der Waals surface area contributed by atoms with Crippen LogP contribution >= 0.6 is 23.2 Å². The molecular formula is C13H14Cl2N2O3. The highest BCUT2D eigenvalue weighted by atomic mass is 35.5. The van der Waals surface area contributed by atoms with E-state index in [0.29, 0.717) is 28.6 Å². The zero-order valence-electron chi connectivity index (χ0n) is 10.8. The van der Waals surface area contributed by atoms with Gasteiger partial charge in [-0.3, -0.25) is 0 Å². The summed E-state index contributed by atoms with van der Waals surface area (Å²) in [6.07, 6.45) is 1.64. The van der Waals surface area contributed by atoms with Crippen molar-refractivity contribution in [3.05, 3.63) is 27.7 Å². The highest BCUT2D eigenvalue weighted by Gasteiger charge is 2.45. The summed E-state index contributed by atoms with van der Waals surface area (Å²) < 4.78 is 0. The first-order chi connectivity index (χ1) is 9.34. The summed E-state index contributed by atoms with van der Waals surface area (Å²) in [4.78, 5) is 23.1. The first kappa shape index (κ1) is 14.9. The number of carboxylic acids is 1. The quantitative estimate of drug-likeness (QED) is 0.799. The first-order valence-electron chi connectivity index (χ1n) is 6.12. The molecule has 1 fully saturated rings. The van der Waals surface area contributed by atoms with Gasteiger partial charge in [-0.05, 0) is 43.9 Å². The van der Waals surface area contributed by atoms with Crippen molar-refractivity contribution in [1.82, 2.24) is 5.32 Å². The van der Waals surface area contributed by atoms with E-state index < -0.39 is 17.5 Å². The van der Waals surface area contributed by atoms with E-state index in [-0.39, 0.29) is 0 Å². The van der Waals surface area contributed by atoms with Gasteiger partial charge in [-0.2, -0.15) is 0 Å². The summed E-state index contributed by atoms with van der Waals surface area (Å²) >= 11 is 12.0. The molecule has 0 unspecified atom stereocenters. The summed E-state index contributed by atoms with van der Waals surface area (Å²) in [5.41, 5.74) is -0.0198. The maximum absolute atomic E-state index is 11.9. The molecule has 0 atom stereocenters. The van der Waals surface area contributed by atoms with Gasteiger partial charge in [-0.1, -0.05) is 23.2 Å². The van der Waals surface area contributed by atoms with Gasteiger partial charge in [0.2, 0.25) is 0 Å². The summed E-state index contributed by atoms with van der Waals surface area (Å²) in [7, 11) is 0. The summed E-state index contributed by atoms with van der Waals surface area (Å²) in [6, 6.07) is 2.57. The van der Waals surface area contributed by atoms with Crippen LogP contribution in [-0.4, -0.2) is 22.6 Å². The Balaban J connectivity index is 2.09. The van der Waals surface area contributed by atoms with Crippen LogP contribution in [0.4, 0.5) is 10.5 Å². The number of halogens is 2. The fourth-order valence-electron chi connectivity index (χ4n) is 2.04. The maximum Gasteiger partial charge on any atom is 0.329 e. The van der Waals surface area contributed by atoms with Crippen molar-refractivity contribution in [2.45, 2.75) is 31.7 Å². The molecule has 0 bridgehead atoms. The van der Waals surface area contributed by atoms with Crippen LogP contribution in [-0.2, 0) is 4.79 Å². The predicted octanol–water partition coefficient (Wildman–Crippen LogP) is 3.43. The third-order valence-corrected chi connectivity index (χ3v) is 4.19. The lowest BCUT2D eigenvalue weighted by molar-refractivity contribution is -0.148. The Kier molecular flexibility index (Phi) is 4.11. The van der Waals surface area contributed by atoms with Crippen LogP contribution in [0.5, 0.6) is 0 Å². The van der Waals surface area contributed by atoms with Crippen LogP contribution in [0.25, 0.3) is 0 Å². The minimum Gasteiger partial charge on any atom is -0.480 e. The van der Waals surface area contributed by atoms with Crippen molar-refractivity contribution in [1.29, 1.82) is 0 Å². The van der Waals surface area contributed by atoms with E-state index in [4.69, 9.17) is 28.3 Å². The highest BCUT2D eigenvalue weighted by Crippen LogP contribution is 2.33. The molecule has 3 N–H and O–H groups in total. The van der Waals surface area contributed by atoms with Gasteiger partial charge in [0.05, 0.1) is 10.7 Å². The number of amides is 2. The van der Waals surface area contributed by atoms with Gasteiger partial charge in [0.25, 0.3) is 0 Å². The molecule has 0 saturated heterocycles. The molecule has 2 rings (SSSR count). The second-order valence-electron chi connectivity index (χ2n) is 4.90. The lowest BCUT2D eigenvalue weighted by atomic mass is 9.77. The molecule has 0 heterocycles. The molecular weight excluding hydrogens is 303 g/mol. The Labute approximate surface area is 126 Å². The second-order valence-corrected chi connectivity index (χ2v) is 5.72. The minimum absolute atomic E-state index is 0.347. The smallest absolute Gasteiger partial charge is 0.329 e. The van der Waals surface area contributed by atoms with Gasteiger partial charge in [0.15, 0.2) is 0 Å². The van der Waals surface area contributed by atoms with Gasteiger partial charge in [-0.25, -0.2) is 9.59 Å². The summed E-state index contributed by atoms with van der Waals surface area (Å²) in [6.45, 7) is 1.80. The number of carboxylic acid groups (broad SMARTS) is 1. The van der Waals surface area contributed by atoms with Crippen molar-refractivity contribution in [2.24, 2.45) is 0 Å². The van der Waals surface area contributed by atoms with E-state index in [1.807, 2.05) is 0 Å². The van der Waals surface area contributed by atoms with E-state index in [1.54, 1.807) is 13.0 Å². The molecule has 5 nitrogen and oxygen atoms in total. The van der Waals surface area contributed by atoms with Gasteiger partial charge < -0.3 is 15.7 Å². The Hall–Kier alpha value is -1.46. The van der Waals surface area contributed by atoms with Gasteiger partial charge in [0.1, 0.15) is 5.54 Å². The average molecular weight is 317 g/mol. The van der Waals surface area contributed by atoms with E-state index >= 15 is 0 Å². The molecule has 0 radical (unpaired) electrons. The zero-order valence-corrected chi connectivity index (χ0v) is 12.3. The Morgan fingerprint density at radius 3 is 2.40 bits per heavy atom. The van der Waals surface area contributed by atoms with Crippen LogP contribution in [0.1, 0.15) is 24.8 Å². The van der Waals surface area contributed by atoms with Crippen LogP contribution in [0.15, 0.2) is 12.1 Å². The number of anilines is 1. The van der Waals surface area contributed by atoms with Crippen molar-refractivity contribution in [3.8, 4) is 0 Å². The lowest BCUT2D eigenvalue weighted by Gasteiger charge is -2.38. The van der Waals surface area contributed by atoms with Gasteiger partial charge >= 0.3 is 12.0 Å². The third kappa shape index (κ3) is 2.83. The lowest BCUT2D eigenvalue weighted by Crippen LogP contribution is -2.60. The molecule has 1 aromatic carbocycles. The molecule has 0 spiro atoms. The highest BCUT2D eigenvalue weighted by molar-refractivity contribution is 6.36. The number of hydrogen-bond acceptors (Lipinski definition) is 2. The number of hydrogen-bond donors (Lipinski definition) is 3.